The minimum Gasteiger partial charge on any atom is -0.296 e. The summed E-state index contributed by atoms with van der Waals surface area (Å²) in [4.78, 5) is 0. The molecule has 0 aromatic carbocycles. The molecule has 0 amide bonds. The minimum atomic E-state index is 0.314. The Labute approximate surface area is 124 Å². The van der Waals surface area contributed by atoms with Crippen molar-refractivity contribution >= 4 is 0 Å². The smallest absolute Gasteiger partial charge is 0.0693 e. The van der Waals surface area contributed by atoms with Crippen LogP contribution in [0.15, 0.2) is 0 Å². The quantitative estimate of drug-likeness (QED) is 0.696. The van der Waals surface area contributed by atoms with Gasteiger partial charge in [-0.1, -0.05) is 51.4 Å². The van der Waals surface area contributed by atoms with Crippen molar-refractivity contribution in [1.82, 2.24) is 10.6 Å². The third-order valence-electron chi connectivity index (χ3n) is 6.88. The summed E-state index contributed by atoms with van der Waals surface area (Å²) in [5.74, 6) is 0.920. The molecule has 2 nitrogen and oxygen atoms in total. The maximum Gasteiger partial charge on any atom is 0.0693 e. The van der Waals surface area contributed by atoms with Gasteiger partial charge < -0.3 is 0 Å². The molecule has 2 atom stereocenters. The molecule has 4 rings (SSSR count). The molecule has 4 fully saturated rings. The first-order chi connectivity index (χ1) is 9.82. The van der Waals surface area contributed by atoms with Gasteiger partial charge in [0, 0.05) is 11.6 Å². The Morgan fingerprint density at radius 1 is 0.650 bits per heavy atom. The molecule has 2 heteroatoms. The summed E-state index contributed by atoms with van der Waals surface area (Å²) >= 11 is 0. The van der Waals surface area contributed by atoms with E-state index < -0.39 is 0 Å². The van der Waals surface area contributed by atoms with Gasteiger partial charge in [-0.15, -0.1) is 0 Å². The molecule has 3 saturated carbocycles. The SMILES string of the molecule is C1CCC2(CC1)NC1CCCCC1C1(CCCCC1)N2. The third-order valence-corrected chi connectivity index (χ3v) is 6.88. The van der Waals surface area contributed by atoms with Crippen molar-refractivity contribution < 1.29 is 0 Å². The summed E-state index contributed by atoms with van der Waals surface area (Å²) in [6.45, 7) is 0. The van der Waals surface area contributed by atoms with Gasteiger partial charge in [0.2, 0.25) is 0 Å². The third kappa shape index (κ3) is 2.23. The van der Waals surface area contributed by atoms with Gasteiger partial charge in [-0.3, -0.25) is 10.6 Å². The lowest BCUT2D eigenvalue weighted by atomic mass is 9.62. The van der Waals surface area contributed by atoms with Crippen LogP contribution in [-0.4, -0.2) is 17.2 Å². The van der Waals surface area contributed by atoms with Crippen molar-refractivity contribution in [2.75, 3.05) is 0 Å². The Morgan fingerprint density at radius 2 is 1.30 bits per heavy atom. The van der Waals surface area contributed by atoms with Gasteiger partial charge >= 0.3 is 0 Å². The molecule has 2 spiro atoms. The molecule has 2 N–H and O–H groups in total. The summed E-state index contributed by atoms with van der Waals surface area (Å²) < 4.78 is 0. The topological polar surface area (TPSA) is 24.1 Å². The van der Waals surface area contributed by atoms with Crippen molar-refractivity contribution in [2.45, 2.75) is 107 Å². The van der Waals surface area contributed by atoms with Crippen molar-refractivity contribution in [3.63, 3.8) is 0 Å². The largest absolute Gasteiger partial charge is 0.296 e. The van der Waals surface area contributed by atoms with Crippen LogP contribution in [0.25, 0.3) is 0 Å². The second-order valence-electron chi connectivity index (χ2n) is 8.13. The van der Waals surface area contributed by atoms with Crippen LogP contribution >= 0.6 is 0 Å². The van der Waals surface area contributed by atoms with E-state index >= 15 is 0 Å². The Hall–Kier alpha value is -0.0800. The molecule has 20 heavy (non-hydrogen) atoms. The second-order valence-corrected chi connectivity index (χ2v) is 8.13. The Morgan fingerprint density at radius 3 is 2.05 bits per heavy atom. The van der Waals surface area contributed by atoms with Crippen LogP contribution in [0, 0.1) is 5.92 Å². The first-order valence-electron chi connectivity index (χ1n) is 9.39. The molecule has 1 heterocycles. The highest BCUT2D eigenvalue weighted by molar-refractivity contribution is 5.12. The fraction of sp³-hybridized carbons (Fsp3) is 1.00. The molecule has 4 aliphatic rings. The summed E-state index contributed by atoms with van der Waals surface area (Å²) in [7, 11) is 0. The average Bonchev–Trinajstić information content (AvgIpc) is 2.49. The monoisotopic (exact) mass is 276 g/mol. The first-order valence-corrected chi connectivity index (χ1v) is 9.39. The van der Waals surface area contributed by atoms with E-state index in [4.69, 9.17) is 0 Å². The zero-order valence-corrected chi connectivity index (χ0v) is 13.1. The predicted molar refractivity (Wildman–Crippen MR) is 83.6 cm³/mol. The van der Waals surface area contributed by atoms with E-state index in [1.165, 1.54) is 89.9 Å². The van der Waals surface area contributed by atoms with E-state index in [0.717, 1.165) is 12.0 Å². The van der Waals surface area contributed by atoms with Gasteiger partial charge in [0.1, 0.15) is 0 Å². The van der Waals surface area contributed by atoms with Crippen LogP contribution in [0.4, 0.5) is 0 Å². The predicted octanol–water partition coefficient (Wildman–Crippen LogP) is 4.10. The van der Waals surface area contributed by atoms with E-state index in [0.29, 0.717) is 11.2 Å². The fourth-order valence-electron chi connectivity index (χ4n) is 6.03. The fourth-order valence-corrected chi connectivity index (χ4v) is 6.03. The van der Waals surface area contributed by atoms with E-state index in [-0.39, 0.29) is 0 Å². The number of hydrogen-bond acceptors (Lipinski definition) is 2. The van der Waals surface area contributed by atoms with Crippen molar-refractivity contribution in [1.29, 1.82) is 0 Å². The van der Waals surface area contributed by atoms with Gasteiger partial charge in [0.25, 0.3) is 0 Å². The highest BCUT2D eigenvalue weighted by Gasteiger charge is 2.53. The van der Waals surface area contributed by atoms with E-state index in [1.807, 2.05) is 0 Å². The van der Waals surface area contributed by atoms with Crippen LogP contribution in [0.3, 0.4) is 0 Å². The number of nitrogens with one attached hydrogen (secondary N) is 2. The molecular formula is C18H32N2. The van der Waals surface area contributed by atoms with Crippen molar-refractivity contribution in [3.8, 4) is 0 Å². The van der Waals surface area contributed by atoms with Gasteiger partial charge in [-0.25, -0.2) is 0 Å². The highest BCUT2D eigenvalue weighted by Crippen LogP contribution is 2.47. The summed E-state index contributed by atoms with van der Waals surface area (Å²) in [5.41, 5.74) is 0.819. The Balaban J connectivity index is 1.63. The molecule has 0 aromatic rings. The van der Waals surface area contributed by atoms with Crippen LogP contribution in [0.2, 0.25) is 0 Å². The minimum absolute atomic E-state index is 0.314. The van der Waals surface area contributed by atoms with E-state index in [1.54, 1.807) is 0 Å². The van der Waals surface area contributed by atoms with Crippen LogP contribution in [0.1, 0.15) is 89.9 Å². The van der Waals surface area contributed by atoms with Gasteiger partial charge in [0.15, 0.2) is 0 Å². The lowest BCUT2D eigenvalue weighted by molar-refractivity contribution is -0.0371. The number of rotatable bonds is 0. The van der Waals surface area contributed by atoms with Gasteiger partial charge in [0.05, 0.1) is 5.66 Å². The molecule has 2 unspecified atom stereocenters. The molecule has 1 aliphatic heterocycles. The summed E-state index contributed by atoms with van der Waals surface area (Å²) in [6.07, 6.45) is 20.2. The molecular weight excluding hydrogens is 244 g/mol. The number of hydrogen-bond donors (Lipinski definition) is 2. The molecule has 0 radical (unpaired) electrons. The van der Waals surface area contributed by atoms with Crippen molar-refractivity contribution in [2.24, 2.45) is 5.92 Å². The zero-order valence-electron chi connectivity index (χ0n) is 13.1. The van der Waals surface area contributed by atoms with Crippen molar-refractivity contribution in [3.05, 3.63) is 0 Å². The maximum atomic E-state index is 4.27. The number of fused-ring (bicyclic) bond motifs is 2. The Kier molecular flexibility index (Phi) is 3.58. The van der Waals surface area contributed by atoms with Crippen LogP contribution < -0.4 is 10.6 Å². The lowest BCUT2D eigenvalue weighted by Gasteiger charge is -2.61. The standard InChI is InChI=1S/C18H32N2/c1-5-11-17(12-6-1)15-9-3-4-10-16(15)19-18(20-17)13-7-2-8-14-18/h15-16,19-20H,1-14H2. The van der Waals surface area contributed by atoms with Gasteiger partial charge in [-0.2, -0.15) is 0 Å². The molecule has 0 aromatic heterocycles. The second kappa shape index (κ2) is 5.28. The Bertz CT molecular complexity index is 339. The lowest BCUT2D eigenvalue weighted by Crippen LogP contribution is -2.77. The van der Waals surface area contributed by atoms with Crippen LogP contribution in [0.5, 0.6) is 0 Å². The molecule has 0 bridgehead atoms. The first kappa shape index (κ1) is 13.6. The molecule has 3 aliphatic carbocycles. The van der Waals surface area contributed by atoms with Crippen LogP contribution in [-0.2, 0) is 0 Å². The summed E-state index contributed by atoms with van der Waals surface area (Å²) in [5, 5.41) is 8.40. The van der Waals surface area contributed by atoms with Gasteiger partial charge in [-0.05, 0) is 44.4 Å². The highest BCUT2D eigenvalue weighted by atomic mass is 15.3. The summed E-state index contributed by atoms with van der Waals surface area (Å²) in [6, 6.07) is 0.821. The average molecular weight is 276 g/mol. The molecule has 114 valence electrons. The normalized spacial score (nSPS) is 39.6. The zero-order chi connectivity index (χ0) is 13.5. The van der Waals surface area contributed by atoms with E-state index in [2.05, 4.69) is 10.6 Å². The van der Waals surface area contributed by atoms with E-state index in [9.17, 15) is 0 Å². The maximum absolute atomic E-state index is 4.27. The molecule has 1 saturated heterocycles.